The number of amides is 2. The van der Waals surface area contributed by atoms with Gasteiger partial charge in [0.05, 0.1) is 10.1 Å². The molecule has 1 aliphatic heterocycles. The summed E-state index contributed by atoms with van der Waals surface area (Å²) in [7, 11) is -3.67. The zero-order valence-corrected chi connectivity index (χ0v) is 18.8. The molecule has 7 heteroatoms. The second-order valence-corrected chi connectivity index (χ2v) is 10.8. The number of benzene rings is 2. The van der Waals surface area contributed by atoms with E-state index in [1.165, 1.54) is 24.1 Å². The minimum atomic E-state index is -3.67. The van der Waals surface area contributed by atoms with Crippen molar-refractivity contribution in [1.82, 2.24) is 0 Å². The van der Waals surface area contributed by atoms with Gasteiger partial charge in [0.15, 0.2) is 9.84 Å². The molecule has 164 valence electrons. The molecular weight excluding hydrogens is 412 g/mol. The summed E-state index contributed by atoms with van der Waals surface area (Å²) in [5, 5.41) is 2.09. The molecular formula is C24H28N2O4S. The molecule has 2 aliphatic rings. The van der Waals surface area contributed by atoms with Crippen molar-refractivity contribution in [3.05, 3.63) is 53.1 Å². The SMILES string of the molecule is CC(=O)N1CCc2cc(S(=O)(=O)C(C)CC(=O)Nc3cccc4c3CCCC4)ccc21. The Hall–Kier alpha value is -2.67. The van der Waals surface area contributed by atoms with Crippen LogP contribution in [0.1, 0.15) is 49.8 Å². The zero-order chi connectivity index (χ0) is 22.2. The molecule has 0 saturated heterocycles. The first-order valence-electron chi connectivity index (χ1n) is 10.8. The second kappa shape index (κ2) is 8.46. The van der Waals surface area contributed by atoms with Gasteiger partial charge in [-0.2, -0.15) is 0 Å². The lowest BCUT2D eigenvalue weighted by molar-refractivity contribution is -0.117. The summed E-state index contributed by atoms with van der Waals surface area (Å²) in [5.41, 5.74) is 4.86. The normalized spacial score (nSPS) is 16.4. The van der Waals surface area contributed by atoms with E-state index < -0.39 is 15.1 Å². The van der Waals surface area contributed by atoms with Gasteiger partial charge in [0.25, 0.3) is 0 Å². The standard InChI is InChI=1S/C24H28N2O4S/c1-16(14-24(28)25-22-9-5-7-18-6-3-4-8-21(18)22)31(29,30)20-10-11-23-19(15-20)12-13-26(23)17(2)27/h5,7,9-11,15-16H,3-4,6,8,12-14H2,1-2H3,(H,25,28). The van der Waals surface area contributed by atoms with Crippen LogP contribution in [0.3, 0.4) is 0 Å². The van der Waals surface area contributed by atoms with Crippen molar-refractivity contribution in [3.8, 4) is 0 Å². The molecule has 0 aromatic heterocycles. The number of rotatable bonds is 5. The number of aryl methyl sites for hydroxylation is 1. The molecule has 1 unspecified atom stereocenters. The Bertz CT molecular complexity index is 1140. The van der Waals surface area contributed by atoms with Crippen LogP contribution in [0.2, 0.25) is 0 Å². The van der Waals surface area contributed by atoms with E-state index in [1.807, 2.05) is 12.1 Å². The van der Waals surface area contributed by atoms with Crippen molar-refractivity contribution < 1.29 is 18.0 Å². The van der Waals surface area contributed by atoms with Gasteiger partial charge in [-0.3, -0.25) is 9.59 Å². The molecule has 6 nitrogen and oxygen atoms in total. The predicted octanol–water partition coefficient (Wildman–Crippen LogP) is 3.67. The van der Waals surface area contributed by atoms with E-state index in [2.05, 4.69) is 11.4 Å². The average molecular weight is 441 g/mol. The Morgan fingerprint density at radius 1 is 1.06 bits per heavy atom. The van der Waals surface area contributed by atoms with Crippen LogP contribution in [0.4, 0.5) is 11.4 Å². The fraction of sp³-hybridized carbons (Fsp3) is 0.417. The van der Waals surface area contributed by atoms with Gasteiger partial charge in [0, 0.05) is 31.3 Å². The molecule has 0 bridgehead atoms. The Morgan fingerprint density at radius 2 is 1.84 bits per heavy atom. The van der Waals surface area contributed by atoms with Crippen LogP contribution in [0, 0.1) is 0 Å². The van der Waals surface area contributed by atoms with Gasteiger partial charge in [0.2, 0.25) is 11.8 Å². The smallest absolute Gasteiger partial charge is 0.225 e. The molecule has 1 atom stereocenters. The molecule has 0 fully saturated rings. The van der Waals surface area contributed by atoms with Crippen LogP contribution >= 0.6 is 0 Å². The van der Waals surface area contributed by atoms with Crippen LogP contribution in [0.5, 0.6) is 0 Å². The third-order valence-corrected chi connectivity index (χ3v) is 8.46. The van der Waals surface area contributed by atoms with Crippen LogP contribution in [0.15, 0.2) is 41.3 Å². The van der Waals surface area contributed by atoms with E-state index in [4.69, 9.17) is 0 Å². The first kappa shape index (κ1) is 21.6. The number of hydrogen-bond acceptors (Lipinski definition) is 4. The molecule has 2 amide bonds. The van der Waals surface area contributed by atoms with Crippen molar-refractivity contribution in [2.45, 2.75) is 62.5 Å². The van der Waals surface area contributed by atoms with Gasteiger partial charge in [-0.05, 0) is 80.0 Å². The lowest BCUT2D eigenvalue weighted by Crippen LogP contribution is -2.26. The van der Waals surface area contributed by atoms with E-state index in [9.17, 15) is 18.0 Å². The van der Waals surface area contributed by atoms with Crippen LogP contribution in [-0.2, 0) is 38.7 Å². The molecule has 0 spiro atoms. The van der Waals surface area contributed by atoms with Gasteiger partial charge < -0.3 is 10.2 Å². The molecule has 2 aromatic carbocycles. The van der Waals surface area contributed by atoms with Crippen molar-refractivity contribution in [3.63, 3.8) is 0 Å². The maximum absolute atomic E-state index is 13.1. The number of nitrogens with zero attached hydrogens (tertiary/aromatic N) is 1. The largest absolute Gasteiger partial charge is 0.326 e. The van der Waals surface area contributed by atoms with Crippen molar-refractivity contribution in [2.75, 3.05) is 16.8 Å². The second-order valence-electron chi connectivity index (χ2n) is 8.47. The quantitative estimate of drug-likeness (QED) is 0.769. The summed E-state index contributed by atoms with van der Waals surface area (Å²) < 4.78 is 26.2. The van der Waals surface area contributed by atoms with Gasteiger partial charge in [-0.1, -0.05) is 12.1 Å². The maximum Gasteiger partial charge on any atom is 0.225 e. The summed E-state index contributed by atoms with van der Waals surface area (Å²) in [6.45, 7) is 3.64. The maximum atomic E-state index is 13.1. The highest BCUT2D eigenvalue weighted by Gasteiger charge is 2.29. The van der Waals surface area contributed by atoms with Crippen LogP contribution in [0.25, 0.3) is 0 Å². The number of anilines is 2. The van der Waals surface area contributed by atoms with Gasteiger partial charge in [0.1, 0.15) is 0 Å². The highest BCUT2D eigenvalue weighted by Crippen LogP contribution is 2.32. The number of sulfone groups is 1. The van der Waals surface area contributed by atoms with E-state index in [0.717, 1.165) is 42.6 Å². The number of carbonyl (C=O) groups is 2. The third-order valence-electron chi connectivity index (χ3n) is 6.33. The fourth-order valence-corrected chi connectivity index (χ4v) is 5.98. The first-order chi connectivity index (χ1) is 14.8. The molecule has 4 rings (SSSR count). The number of hydrogen-bond donors (Lipinski definition) is 1. The topological polar surface area (TPSA) is 83.6 Å². The third kappa shape index (κ3) is 4.24. The molecule has 31 heavy (non-hydrogen) atoms. The monoisotopic (exact) mass is 440 g/mol. The van der Waals surface area contributed by atoms with Gasteiger partial charge >= 0.3 is 0 Å². The summed E-state index contributed by atoms with van der Waals surface area (Å²) >= 11 is 0. The fourth-order valence-electron chi connectivity index (χ4n) is 4.58. The number of carbonyl (C=O) groups excluding carboxylic acids is 2. The minimum absolute atomic E-state index is 0.0532. The summed E-state index contributed by atoms with van der Waals surface area (Å²) in [6, 6.07) is 10.8. The van der Waals surface area contributed by atoms with Crippen LogP contribution < -0.4 is 10.2 Å². The number of nitrogens with one attached hydrogen (secondary N) is 1. The Labute approximate surface area is 183 Å². The van der Waals surface area contributed by atoms with Crippen molar-refractivity contribution in [1.29, 1.82) is 0 Å². The van der Waals surface area contributed by atoms with Gasteiger partial charge in [-0.25, -0.2) is 8.42 Å². The first-order valence-corrected chi connectivity index (χ1v) is 12.4. The van der Waals surface area contributed by atoms with Crippen LogP contribution in [-0.4, -0.2) is 32.0 Å². The lowest BCUT2D eigenvalue weighted by Gasteiger charge is -2.20. The minimum Gasteiger partial charge on any atom is -0.326 e. The molecule has 1 heterocycles. The Morgan fingerprint density at radius 3 is 2.61 bits per heavy atom. The zero-order valence-electron chi connectivity index (χ0n) is 18.0. The molecule has 1 aliphatic carbocycles. The van der Waals surface area contributed by atoms with Gasteiger partial charge in [-0.15, -0.1) is 0 Å². The molecule has 1 N–H and O–H groups in total. The lowest BCUT2D eigenvalue weighted by atomic mass is 9.90. The average Bonchev–Trinajstić information content (AvgIpc) is 3.17. The van der Waals surface area contributed by atoms with E-state index in [1.54, 1.807) is 24.0 Å². The summed E-state index contributed by atoms with van der Waals surface area (Å²) in [4.78, 5) is 26.3. The summed E-state index contributed by atoms with van der Waals surface area (Å²) in [5.74, 6) is -0.346. The highest BCUT2D eigenvalue weighted by molar-refractivity contribution is 7.92. The Balaban J connectivity index is 1.48. The molecule has 0 radical (unpaired) electrons. The van der Waals surface area contributed by atoms with E-state index in [0.29, 0.717) is 13.0 Å². The Kier molecular flexibility index (Phi) is 5.88. The molecule has 2 aromatic rings. The van der Waals surface area contributed by atoms with Crippen molar-refractivity contribution >= 4 is 33.0 Å². The van der Waals surface area contributed by atoms with E-state index >= 15 is 0 Å². The van der Waals surface area contributed by atoms with Crippen molar-refractivity contribution in [2.24, 2.45) is 0 Å². The molecule has 0 saturated carbocycles. The predicted molar refractivity (Wildman–Crippen MR) is 121 cm³/mol. The summed E-state index contributed by atoms with van der Waals surface area (Å²) in [6.07, 6.45) is 4.73. The number of fused-ring (bicyclic) bond motifs is 2. The highest BCUT2D eigenvalue weighted by atomic mass is 32.2. The van der Waals surface area contributed by atoms with E-state index in [-0.39, 0.29) is 23.1 Å².